The largest absolute Gasteiger partial charge is 0.497 e. The minimum absolute atomic E-state index is 0.256. The molecule has 7 nitrogen and oxygen atoms in total. The topological polar surface area (TPSA) is 80.9 Å². The maximum atomic E-state index is 13.2. The van der Waals surface area contributed by atoms with Crippen LogP contribution in [0, 0.1) is 0 Å². The molecule has 158 valence electrons. The zero-order valence-corrected chi connectivity index (χ0v) is 18.2. The van der Waals surface area contributed by atoms with Crippen molar-refractivity contribution in [3.05, 3.63) is 59.3 Å². The van der Waals surface area contributed by atoms with E-state index in [1.165, 1.54) is 0 Å². The van der Waals surface area contributed by atoms with Crippen LogP contribution in [0.15, 0.2) is 53.7 Å². The second-order valence-electron chi connectivity index (χ2n) is 6.59. The Morgan fingerprint density at radius 2 is 1.80 bits per heavy atom. The highest BCUT2D eigenvalue weighted by Crippen LogP contribution is 2.36. The number of anilines is 1. The van der Waals surface area contributed by atoms with Crippen LogP contribution in [0.5, 0.6) is 17.2 Å². The van der Waals surface area contributed by atoms with Crippen LogP contribution >= 0.6 is 12.2 Å². The third-order valence-electron chi connectivity index (χ3n) is 4.68. The van der Waals surface area contributed by atoms with Crippen LogP contribution in [0.3, 0.4) is 0 Å². The number of hydrogen-bond donors (Lipinski definition) is 3. The lowest BCUT2D eigenvalue weighted by Gasteiger charge is -2.31. The molecule has 0 saturated heterocycles. The monoisotopic (exact) mass is 427 g/mol. The molecule has 0 aliphatic carbocycles. The van der Waals surface area contributed by atoms with Crippen molar-refractivity contribution in [3.8, 4) is 17.2 Å². The Morgan fingerprint density at radius 3 is 2.43 bits per heavy atom. The quantitative estimate of drug-likeness (QED) is 0.583. The van der Waals surface area contributed by atoms with E-state index < -0.39 is 6.04 Å². The van der Waals surface area contributed by atoms with E-state index in [1.54, 1.807) is 38.5 Å². The van der Waals surface area contributed by atoms with Gasteiger partial charge < -0.3 is 30.2 Å². The number of thiocarbonyl (C=S) groups is 1. The smallest absolute Gasteiger partial charge is 0.255 e. The minimum Gasteiger partial charge on any atom is -0.497 e. The van der Waals surface area contributed by atoms with Crippen molar-refractivity contribution in [1.82, 2.24) is 10.6 Å². The molecular weight excluding hydrogens is 402 g/mol. The summed E-state index contributed by atoms with van der Waals surface area (Å²) in [6.07, 6.45) is 0. The van der Waals surface area contributed by atoms with Gasteiger partial charge in [-0.15, -0.1) is 0 Å². The number of hydrogen-bond acceptors (Lipinski definition) is 5. The van der Waals surface area contributed by atoms with E-state index in [9.17, 15) is 4.79 Å². The summed E-state index contributed by atoms with van der Waals surface area (Å²) in [6, 6.07) is 12.2. The molecule has 0 bridgehead atoms. The van der Waals surface area contributed by atoms with Crippen LogP contribution < -0.4 is 30.2 Å². The van der Waals surface area contributed by atoms with E-state index in [0.29, 0.717) is 40.2 Å². The second kappa shape index (κ2) is 9.49. The fourth-order valence-corrected chi connectivity index (χ4v) is 3.56. The van der Waals surface area contributed by atoms with E-state index in [4.69, 9.17) is 26.4 Å². The molecule has 1 aliphatic heterocycles. The van der Waals surface area contributed by atoms with E-state index >= 15 is 0 Å². The number of nitrogens with one attached hydrogen (secondary N) is 3. The van der Waals surface area contributed by atoms with Gasteiger partial charge in [-0.2, -0.15) is 0 Å². The van der Waals surface area contributed by atoms with Crippen LogP contribution in [-0.2, 0) is 4.79 Å². The lowest BCUT2D eigenvalue weighted by molar-refractivity contribution is -0.113. The molecule has 30 heavy (non-hydrogen) atoms. The molecule has 1 atom stereocenters. The standard InChI is InChI=1S/C22H25N3O4S/c1-5-29-15-8-6-14(7-9-15)24-21(26)19-13(2)23-22(30)25-20(19)17-12-16(27-3)10-11-18(17)28-4/h6-12,20H,5H2,1-4H3,(H,24,26)(H2,23,25,30). The molecule has 0 spiro atoms. The Hall–Kier alpha value is -3.26. The molecule has 0 fully saturated rings. The van der Waals surface area contributed by atoms with Gasteiger partial charge in [0.2, 0.25) is 0 Å². The number of benzene rings is 2. The maximum absolute atomic E-state index is 13.2. The summed E-state index contributed by atoms with van der Waals surface area (Å²) >= 11 is 5.33. The van der Waals surface area contributed by atoms with Crippen LogP contribution in [0.1, 0.15) is 25.5 Å². The normalized spacial score (nSPS) is 15.7. The van der Waals surface area contributed by atoms with Gasteiger partial charge in [-0.05, 0) is 68.5 Å². The van der Waals surface area contributed by atoms with Gasteiger partial charge in [0.15, 0.2) is 5.11 Å². The lowest BCUT2D eigenvalue weighted by atomic mass is 9.94. The fraction of sp³-hybridized carbons (Fsp3) is 0.273. The van der Waals surface area contributed by atoms with Crippen molar-refractivity contribution in [2.75, 3.05) is 26.1 Å². The SMILES string of the molecule is CCOc1ccc(NC(=O)C2=C(C)NC(=S)NC2c2cc(OC)ccc2OC)cc1. The lowest BCUT2D eigenvalue weighted by Crippen LogP contribution is -2.45. The van der Waals surface area contributed by atoms with E-state index in [1.807, 2.05) is 32.0 Å². The Labute approximate surface area is 181 Å². The summed E-state index contributed by atoms with van der Waals surface area (Å²) in [7, 11) is 3.17. The third-order valence-corrected chi connectivity index (χ3v) is 4.90. The Morgan fingerprint density at radius 1 is 1.10 bits per heavy atom. The maximum Gasteiger partial charge on any atom is 0.255 e. The van der Waals surface area contributed by atoms with Gasteiger partial charge in [-0.3, -0.25) is 4.79 Å². The number of carbonyl (C=O) groups excluding carboxylic acids is 1. The number of ether oxygens (including phenoxy) is 3. The molecule has 0 saturated carbocycles. The van der Waals surface area contributed by atoms with Crippen LogP contribution in [0.2, 0.25) is 0 Å². The number of allylic oxidation sites excluding steroid dienone is 1. The van der Waals surface area contributed by atoms with E-state index in [2.05, 4.69) is 16.0 Å². The zero-order valence-electron chi connectivity index (χ0n) is 17.4. The van der Waals surface area contributed by atoms with Gasteiger partial charge in [-0.1, -0.05) is 0 Å². The number of carbonyl (C=O) groups is 1. The Balaban J connectivity index is 1.95. The minimum atomic E-state index is -0.508. The first-order valence-corrected chi connectivity index (χ1v) is 9.92. The summed E-state index contributed by atoms with van der Waals surface area (Å²) in [5, 5.41) is 9.59. The molecule has 1 heterocycles. The van der Waals surface area contributed by atoms with Crippen LogP contribution in [0.4, 0.5) is 5.69 Å². The Bertz CT molecular complexity index is 973. The average molecular weight is 428 g/mol. The third kappa shape index (κ3) is 4.65. The first-order valence-electron chi connectivity index (χ1n) is 9.51. The van der Waals surface area contributed by atoms with Crippen molar-refractivity contribution in [1.29, 1.82) is 0 Å². The number of rotatable bonds is 7. The predicted octanol–water partition coefficient (Wildman–Crippen LogP) is 3.53. The van der Waals surface area contributed by atoms with E-state index in [-0.39, 0.29) is 5.91 Å². The molecule has 2 aromatic rings. The number of methoxy groups -OCH3 is 2. The molecule has 1 amide bonds. The Kier molecular flexibility index (Phi) is 6.79. The van der Waals surface area contributed by atoms with Crippen molar-refractivity contribution in [2.45, 2.75) is 19.9 Å². The number of amides is 1. The highest BCUT2D eigenvalue weighted by Gasteiger charge is 2.32. The molecule has 8 heteroatoms. The summed E-state index contributed by atoms with van der Waals surface area (Å²) in [6.45, 7) is 4.32. The summed E-state index contributed by atoms with van der Waals surface area (Å²) < 4.78 is 16.3. The van der Waals surface area contributed by atoms with Gasteiger partial charge in [0.05, 0.1) is 32.4 Å². The summed E-state index contributed by atoms with van der Waals surface area (Å²) in [4.78, 5) is 13.2. The van der Waals surface area contributed by atoms with Gasteiger partial charge in [-0.25, -0.2) is 0 Å². The van der Waals surface area contributed by atoms with Crippen LogP contribution in [0.25, 0.3) is 0 Å². The first kappa shape index (κ1) is 21.4. The molecule has 1 unspecified atom stereocenters. The van der Waals surface area contributed by atoms with Crippen molar-refractivity contribution in [2.24, 2.45) is 0 Å². The highest BCUT2D eigenvalue weighted by molar-refractivity contribution is 7.80. The van der Waals surface area contributed by atoms with Gasteiger partial charge in [0, 0.05) is 16.9 Å². The first-order chi connectivity index (χ1) is 14.5. The summed E-state index contributed by atoms with van der Waals surface area (Å²) in [5.41, 5.74) is 2.58. The van der Waals surface area contributed by atoms with E-state index in [0.717, 1.165) is 11.3 Å². The van der Waals surface area contributed by atoms with Crippen molar-refractivity contribution < 1.29 is 19.0 Å². The van der Waals surface area contributed by atoms with Gasteiger partial charge in [0.25, 0.3) is 5.91 Å². The molecule has 3 rings (SSSR count). The van der Waals surface area contributed by atoms with Crippen molar-refractivity contribution >= 4 is 28.9 Å². The molecular formula is C22H25N3O4S. The molecule has 2 aromatic carbocycles. The molecule has 0 aromatic heterocycles. The van der Waals surface area contributed by atoms with Gasteiger partial charge >= 0.3 is 0 Å². The molecule has 0 radical (unpaired) electrons. The van der Waals surface area contributed by atoms with Gasteiger partial charge in [0.1, 0.15) is 17.2 Å². The highest BCUT2D eigenvalue weighted by atomic mass is 32.1. The molecule has 3 N–H and O–H groups in total. The van der Waals surface area contributed by atoms with Crippen molar-refractivity contribution in [3.63, 3.8) is 0 Å². The second-order valence-corrected chi connectivity index (χ2v) is 7.00. The summed E-state index contributed by atoms with van der Waals surface area (Å²) in [5.74, 6) is 1.77. The van der Waals surface area contributed by atoms with Crippen LogP contribution in [-0.4, -0.2) is 31.8 Å². The molecule has 1 aliphatic rings. The zero-order chi connectivity index (χ0) is 21.7. The average Bonchev–Trinajstić information content (AvgIpc) is 2.74. The predicted molar refractivity (Wildman–Crippen MR) is 120 cm³/mol. The fourth-order valence-electron chi connectivity index (χ4n) is 3.29.